The minimum atomic E-state index is -0.175. The average molecular weight is 286 g/mol. The van der Waals surface area contributed by atoms with Gasteiger partial charge in [0.25, 0.3) is 5.91 Å². The fraction of sp³-hybridized carbons (Fsp3) is 0.438. The molecule has 112 valence electrons. The number of nitrogens with one attached hydrogen (secondary N) is 1. The molecule has 0 spiro atoms. The zero-order valence-corrected chi connectivity index (χ0v) is 13.1. The number of aromatic nitrogens is 3. The molecule has 0 saturated heterocycles. The number of aryl methyl sites for hydroxylation is 2. The summed E-state index contributed by atoms with van der Waals surface area (Å²) < 4.78 is 1.63. The molecule has 0 unspecified atom stereocenters. The van der Waals surface area contributed by atoms with Gasteiger partial charge in [0.2, 0.25) is 0 Å². The van der Waals surface area contributed by atoms with E-state index >= 15 is 0 Å². The van der Waals surface area contributed by atoms with Gasteiger partial charge in [-0.05, 0) is 49.4 Å². The van der Waals surface area contributed by atoms with Gasteiger partial charge < -0.3 is 5.32 Å². The van der Waals surface area contributed by atoms with Crippen molar-refractivity contribution in [2.45, 2.75) is 34.1 Å². The monoisotopic (exact) mass is 286 g/mol. The third-order valence-corrected chi connectivity index (χ3v) is 3.49. The highest BCUT2D eigenvalue weighted by atomic mass is 16.2. The van der Waals surface area contributed by atoms with E-state index in [1.165, 1.54) is 11.1 Å². The van der Waals surface area contributed by atoms with Crippen molar-refractivity contribution in [1.29, 1.82) is 0 Å². The first kappa shape index (κ1) is 15.2. The van der Waals surface area contributed by atoms with E-state index in [0.717, 1.165) is 12.1 Å². The average Bonchev–Trinajstić information content (AvgIpc) is 2.91. The zero-order chi connectivity index (χ0) is 15.4. The summed E-state index contributed by atoms with van der Waals surface area (Å²) >= 11 is 0. The van der Waals surface area contributed by atoms with E-state index in [4.69, 9.17) is 0 Å². The molecule has 1 aromatic carbocycles. The molecule has 1 amide bonds. The van der Waals surface area contributed by atoms with E-state index in [0.29, 0.717) is 18.2 Å². The molecule has 0 saturated carbocycles. The lowest BCUT2D eigenvalue weighted by Crippen LogP contribution is -2.25. The van der Waals surface area contributed by atoms with Gasteiger partial charge in [0.05, 0.1) is 11.9 Å². The molecule has 5 heteroatoms. The quantitative estimate of drug-likeness (QED) is 0.919. The fourth-order valence-corrected chi connectivity index (χ4v) is 1.93. The summed E-state index contributed by atoms with van der Waals surface area (Å²) in [5.41, 5.74) is 3.67. The lowest BCUT2D eigenvalue weighted by molar-refractivity contribution is 0.0947. The van der Waals surface area contributed by atoms with Crippen LogP contribution in [0.25, 0.3) is 5.69 Å². The van der Waals surface area contributed by atoms with Crippen LogP contribution in [0.4, 0.5) is 0 Å². The predicted octanol–water partition coefficient (Wildman–Crippen LogP) is 2.66. The number of carbonyl (C=O) groups is 1. The predicted molar refractivity (Wildman–Crippen MR) is 82.6 cm³/mol. The SMILES string of the molecule is Cc1ccc(-n2cc(C(=O)NCCC(C)C)nn2)cc1C. The Labute approximate surface area is 125 Å². The van der Waals surface area contributed by atoms with Crippen molar-refractivity contribution in [3.63, 3.8) is 0 Å². The Kier molecular flexibility index (Phi) is 4.73. The topological polar surface area (TPSA) is 59.8 Å². The van der Waals surface area contributed by atoms with E-state index < -0.39 is 0 Å². The normalized spacial score (nSPS) is 10.9. The molecule has 0 aliphatic heterocycles. The molecule has 5 nitrogen and oxygen atoms in total. The minimum absolute atomic E-state index is 0.175. The summed E-state index contributed by atoms with van der Waals surface area (Å²) in [7, 11) is 0. The Hall–Kier alpha value is -2.17. The summed E-state index contributed by atoms with van der Waals surface area (Å²) in [6.45, 7) is 9.03. The molecule has 21 heavy (non-hydrogen) atoms. The van der Waals surface area contributed by atoms with Gasteiger partial charge in [-0.3, -0.25) is 4.79 Å². The van der Waals surface area contributed by atoms with Gasteiger partial charge in [-0.2, -0.15) is 0 Å². The Bertz CT molecular complexity index is 631. The first-order valence-corrected chi connectivity index (χ1v) is 7.25. The van der Waals surface area contributed by atoms with Crippen molar-refractivity contribution < 1.29 is 4.79 Å². The molecular weight excluding hydrogens is 264 g/mol. The maximum Gasteiger partial charge on any atom is 0.273 e. The Morgan fingerprint density at radius 2 is 2.05 bits per heavy atom. The number of hydrogen-bond donors (Lipinski definition) is 1. The number of benzene rings is 1. The summed E-state index contributed by atoms with van der Waals surface area (Å²) in [4.78, 5) is 12.0. The van der Waals surface area contributed by atoms with Crippen molar-refractivity contribution in [1.82, 2.24) is 20.3 Å². The zero-order valence-electron chi connectivity index (χ0n) is 13.1. The molecule has 0 atom stereocenters. The first-order chi connectivity index (χ1) is 9.97. The summed E-state index contributed by atoms with van der Waals surface area (Å²) in [6.07, 6.45) is 2.62. The van der Waals surface area contributed by atoms with Gasteiger partial charge in [0, 0.05) is 6.54 Å². The second-order valence-electron chi connectivity index (χ2n) is 5.76. The number of rotatable bonds is 5. The van der Waals surface area contributed by atoms with E-state index in [-0.39, 0.29) is 5.91 Å². The van der Waals surface area contributed by atoms with Gasteiger partial charge in [-0.1, -0.05) is 25.1 Å². The van der Waals surface area contributed by atoms with Crippen LogP contribution >= 0.6 is 0 Å². The van der Waals surface area contributed by atoms with Gasteiger partial charge >= 0.3 is 0 Å². The van der Waals surface area contributed by atoms with E-state index in [9.17, 15) is 4.79 Å². The maximum atomic E-state index is 12.0. The van der Waals surface area contributed by atoms with Crippen molar-refractivity contribution in [2.75, 3.05) is 6.54 Å². The molecule has 1 aromatic heterocycles. The summed E-state index contributed by atoms with van der Waals surface area (Å²) in [6, 6.07) is 6.04. The molecule has 2 aromatic rings. The van der Waals surface area contributed by atoms with E-state index in [1.807, 2.05) is 18.2 Å². The number of nitrogens with zero attached hydrogens (tertiary/aromatic N) is 3. The molecule has 0 aliphatic rings. The van der Waals surface area contributed by atoms with Gasteiger partial charge in [-0.25, -0.2) is 4.68 Å². The highest BCUT2D eigenvalue weighted by Crippen LogP contribution is 2.13. The van der Waals surface area contributed by atoms with Gasteiger partial charge in [0.15, 0.2) is 5.69 Å². The molecule has 0 radical (unpaired) electrons. The number of hydrogen-bond acceptors (Lipinski definition) is 3. The van der Waals surface area contributed by atoms with Crippen molar-refractivity contribution >= 4 is 5.91 Å². The fourth-order valence-electron chi connectivity index (χ4n) is 1.93. The third kappa shape index (κ3) is 3.90. The Balaban J connectivity index is 2.07. The van der Waals surface area contributed by atoms with Crippen LogP contribution in [0.1, 0.15) is 41.9 Å². The van der Waals surface area contributed by atoms with Gasteiger partial charge in [-0.15, -0.1) is 5.10 Å². The molecule has 1 heterocycles. The smallest absolute Gasteiger partial charge is 0.273 e. The second kappa shape index (κ2) is 6.52. The molecule has 0 bridgehead atoms. The highest BCUT2D eigenvalue weighted by molar-refractivity contribution is 5.91. The minimum Gasteiger partial charge on any atom is -0.351 e. The number of carbonyl (C=O) groups excluding carboxylic acids is 1. The third-order valence-electron chi connectivity index (χ3n) is 3.49. The highest BCUT2D eigenvalue weighted by Gasteiger charge is 2.11. The van der Waals surface area contributed by atoms with Crippen LogP contribution in [0.5, 0.6) is 0 Å². The van der Waals surface area contributed by atoms with Crippen molar-refractivity contribution in [3.05, 3.63) is 41.2 Å². The summed E-state index contributed by atoms with van der Waals surface area (Å²) in [5.74, 6) is 0.391. The van der Waals surface area contributed by atoms with Crippen molar-refractivity contribution in [3.8, 4) is 5.69 Å². The van der Waals surface area contributed by atoms with Crippen LogP contribution < -0.4 is 5.32 Å². The van der Waals surface area contributed by atoms with Gasteiger partial charge in [0.1, 0.15) is 0 Å². The van der Waals surface area contributed by atoms with Crippen LogP contribution in [0.15, 0.2) is 24.4 Å². The largest absolute Gasteiger partial charge is 0.351 e. The Morgan fingerprint density at radius 3 is 2.71 bits per heavy atom. The maximum absolute atomic E-state index is 12.0. The van der Waals surface area contributed by atoms with E-state index in [2.05, 4.69) is 43.3 Å². The molecule has 0 aliphatic carbocycles. The van der Waals surface area contributed by atoms with Crippen molar-refractivity contribution in [2.24, 2.45) is 5.92 Å². The van der Waals surface area contributed by atoms with Crippen LogP contribution in [-0.4, -0.2) is 27.4 Å². The van der Waals surface area contributed by atoms with E-state index in [1.54, 1.807) is 10.9 Å². The number of amides is 1. The molecule has 1 N–H and O–H groups in total. The summed E-state index contributed by atoms with van der Waals surface area (Å²) in [5, 5.41) is 10.8. The molecule has 2 rings (SSSR count). The molecule has 0 fully saturated rings. The van der Waals surface area contributed by atoms with Crippen LogP contribution in [0.2, 0.25) is 0 Å². The lowest BCUT2D eigenvalue weighted by Gasteiger charge is -2.05. The van der Waals surface area contributed by atoms with Crippen LogP contribution in [0, 0.1) is 19.8 Å². The van der Waals surface area contributed by atoms with Crippen LogP contribution in [-0.2, 0) is 0 Å². The van der Waals surface area contributed by atoms with Crippen LogP contribution in [0.3, 0.4) is 0 Å². The second-order valence-corrected chi connectivity index (χ2v) is 5.76. The standard InChI is InChI=1S/C16H22N4O/c1-11(2)7-8-17-16(21)15-10-20(19-18-15)14-6-5-12(3)13(4)9-14/h5-6,9-11H,7-8H2,1-4H3,(H,17,21). The Morgan fingerprint density at radius 1 is 1.29 bits per heavy atom. The molecular formula is C16H22N4O. The lowest BCUT2D eigenvalue weighted by atomic mass is 10.1. The first-order valence-electron chi connectivity index (χ1n) is 7.25.